The number of halogens is 1. The van der Waals surface area contributed by atoms with E-state index in [1.165, 1.54) is 17.2 Å². The van der Waals surface area contributed by atoms with E-state index in [4.69, 9.17) is 16.0 Å². The summed E-state index contributed by atoms with van der Waals surface area (Å²) in [6.07, 6.45) is 3.12. The van der Waals surface area contributed by atoms with Crippen LogP contribution in [0.15, 0.2) is 28.9 Å². The van der Waals surface area contributed by atoms with Crippen molar-refractivity contribution < 1.29 is 14.3 Å². The van der Waals surface area contributed by atoms with E-state index in [2.05, 4.69) is 9.97 Å². The quantitative estimate of drug-likeness (QED) is 0.762. The normalized spacial score (nSPS) is 11.3. The Morgan fingerprint density at radius 2 is 1.96 bits per heavy atom. The lowest BCUT2D eigenvalue weighted by Crippen LogP contribution is -2.21. The summed E-state index contributed by atoms with van der Waals surface area (Å²) in [4.78, 5) is 21.9. The molecule has 1 N–H and O–H groups in total. The maximum atomic E-state index is 12.0. The van der Waals surface area contributed by atoms with Crippen LogP contribution in [0.1, 0.15) is 35.7 Å². The maximum Gasteiger partial charge on any atom is 0.255 e. The van der Waals surface area contributed by atoms with Crippen molar-refractivity contribution in [2.45, 2.75) is 19.8 Å². The number of amides is 1. The molecule has 3 aromatic rings. The van der Waals surface area contributed by atoms with Gasteiger partial charge in [0, 0.05) is 32.6 Å². The second-order valence-corrected chi connectivity index (χ2v) is 6.68. The third kappa shape index (κ3) is 3.05. The lowest BCUT2D eigenvalue weighted by molar-refractivity contribution is 0.0827. The zero-order chi connectivity index (χ0) is 18.3. The smallest absolute Gasteiger partial charge is 0.255 e. The first kappa shape index (κ1) is 17.2. The summed E-state index contributed by atoms with van der Waals surface area (Å²) in [7, 11) is 3.26. The number of carbonyl (C=O) groups is 1. The Labute approximate surface area is 150 Å². The molecule has 25 heavy (non-hydrogen) atoms. The van der Waals surface area contributed by atoms with Gasteiger partial charge in [0.15, 0.2) is 11.3 Å². The van der Waals surface area contributed by atoms with Crippen LogP contribution in [-0.2, 0) is 0 Å². The number of pyridine rings is 2. The SMILES string of the molecule is CC(C)c1cnc2cc(-c3ncc(C(=O)N(C)C)cc3O)oc2c1Cl. The van der Waals surface area contributed by atoms with E-state index in [-0.39, 0.29) is 23.3 Å². The van der Waals surface area contributed by atoms with E-state index < -0.39 is 0 Å². The second-order valence-electron chi connectivity index (χ2n) is 6.30. The van der Waals surface area contributed by atoms with Crippen LogP contribution in [0.25, 0.3) is 22.6 Å². The first-order chi connectivity index (χ1) is 11.8. The van der Waals surface area contributed by atoms with Crippen molar-refractivity contribution in [2.75, 3.05) is 14.1 Å². The zero-order valence-electron chi connectivity index (χ0n) is 14.4. The van der Waals surface area contributed by atoms with Gasteiger partial charge in [-0.2, -0.15) is 0 Å². The van der Waals surface area contributed by atoms with Gasteiger partial charge in [0.1, 0.15) is 17.0 Å². The minimum absolute atomic E-state index is 0.146. The average Bonchev–Trinajstić information content (AvgIpc) is 2.98. The minimum atomic E-state index is -0.245. The molecule has 0 aliphatic carbocycles. The Bertz CT molecular complexity index is 964. The number of nitrogens with zero attached hydrogens (tertiary/aromatic N) is 3. The molecule has 0 fully saturated rings. The Kier molecular flexibility index (Phi) is 4.39. The molecule has 6 nitrogen and oxygen atoms in total. The molecule has 0 bridgehead atoms. The molecule has 0 spiro atoms. The second kappa shape index (κ2) is 6.37. The predicted octanol–water partition coefficient (Wildman–Crippen LogP) is 4.07. The van der Waals surface area contributed by atoms with Gasteiger partial charge >= 0.3 is 0 Å². The van der Waals surface area contributed by atoms with Crippen LogP contribution >= 0.6 is 11.6 Å². The van der Waals surface area contributed by atoms with Crippen molar-refractivity contribution in [2.24, 2.45) is 0 Å². The van der Waals surface area contributed by atoms with E-state index in [0.717, 1.165) is 5.56 Å². The number of fused-ring (bicyclic) bond motifs is 1. The largest absolute Gasteiger partial charge is 0.506 e. The highest BCUT2D eigenvalue weighted by molar-refractivity contribution is 6.35. The summed E-state index contributed by atoms with van der Waals surface area (Å²) in [6.45, 7) is 4.04. The average molecular weight is 360 g/mol. The summed E-state index contributed by atoms with van der Waals surface area (Å²) >= 11 is 6.41. The molecule has 0 unspecified atom stereocenters. The minimum Gasteiger partial charge on any atom is -0.506 e. The summed E-state index contributed by atoms with van der Waals surface area (Å²) in [5, 5.41) is 10.8. The first-order valence-electron chi connectivity index (χ1n) is 7.78. The zero-order valence-corrected chi connectivity index (χ0v) is 15.1. The molecule has 0 radical (unpaired) electrons. The number of hydrogen-bond acceptors (Lipinski definition) is 5. The van der Waals surface area contributed by atoms with Gasteiger partial charge in [-0.1, -0.05) is 25.4 Å². The van der Waals surface area contributed by atoms with Crippen molar-refractivity contribution in [1.82, 2.24) is 14.9 Å². The van der Waals surface area contributed by atoms with Crippen LogP contribution in [0.2, 0.25) is 5.02 Å². The van der Waals surface area contributed by atoms with Crippen molar-refractivity contribution >= 4 is 28.6 Å². The molecule has 0 aliphatic rings. The van der Waals surface area contributed by atoms with E-state index in [1.54, 1.807) is 26.4 Å². The van der Waals surface area contributed by atoms with E-state index in [1.807, 2.05) is 13.8 Å². The Morgan fingerprint density at radius 1 is 1.24 bits per heavy atom. The highest BCUT2D eigenvalue weighted by Gasteiger charge is 2.19. The number of hydrogen-bond donors (Lipinski definition) is 1. The molecule has 0 aromatic carbocycles. The highest BCUT2D eigenvalue weighted by atomic mass is 35.5. The topological polar surface area (TPSA) is 79.5 Å². The summed E-state index contributed by atoms with van der Waals surface area (Å²) in [6, 6.07) is 3.03. The van der Waals surface area contributed by atoms with Gasteiger partial charge < -0.3 is 14.4 Å². The number of rotatable bonds is 3. The van der Waals surface area contributed by atoms with Crippen LogP contribution in [0.4, 0.5) is 0 Å². The Balaban J connectivity index is 2.08. The van der Waals surface area contributed by atoms with Gasteiger partial charge in [0.25, 0.3) is 5.91 Å². The molecule has 3 aromatic heterocycles. The lowest BCUT2D eigenvalue weighted by atomic mass is 10.1. The Morgan fingerprint density at radius 3 is 2.56 bits per heavy atom. The van der Waals surface area contributed by atoms with E-state index in [9.17, 15) is 9.90 Å². The fourth-order valence-corrected chi connectivity index (χ4v) is 2.90. The fourth-order valence-electron chi connectivity index (χ4n) is 2.50. The summed E-state index contributed by atoms with van der Waals surface area (Å²) < 4.78 is 5.79. The van der Waals surface area contributed by atoms with Crippen molar-refractivity contribution in [1.29, 1.82) is 0 Å². The van der Waals surface area contributed by atoms with E-state index >= 15 is 0 Å². The molecule has 0 aliphatic heterocycles. The predicted molar refractivity (Wildman–Crippen MR) is 96.0 cm³/mol. The molecule has 7 heteroatoms. The van der Waals surface area contributed by atoms with Crippen molar-refractivity contribution in [3.05, 3.63) is 40.7 Å². The molecular weight excluding hydrogens is 342 g/mol. The third-order valence-corrected chi connectivity index (χ3v) is 4.27. The van der Waals surface area contributed by atoms with Crippen molar-refractivity contribution in [3.8, 4) is 17.2 Å². The molecule has 130 valence electrons. The van der Waals surface area contributed by atoms with E-state index in [0.29, 0.717) is 27.4 Å². The number of aromatic hydroxyl groups is 1. The van der Waals surface area contributed by atoms with Gasteiger partial charge in [-0.3, -0.25) is 9.78 Å². The molecule has 3 rings (SSSR count). The van der Waals surface area contributed by atoms with Gasteiger partial charge in [0.05, 0.1) is 10.6 Å². The number of carbonyl (C=O) groups excluding carboxylic acids is 1. The van der Waals surface area contributed by atoms with Gasteiger partial charge in [-0.15, -0.1) is 0 Å². The Hall–Kier alpha value is -2.60. The van der Waals surface area contributed by atoms with Gasteiger partial charge in [-0.25, -0.2) is 4.98 Å². The first-order valence-corrected chi connectivity index (χ1v) is 8.16. The highest BCUT2D eigenvalue weighted by Crippen LogP contribution is 2.37. The van der Waals surface area contributed by atoms with Crippen molar-refractivity contribution in [3.63, 3.8) is 0 Å². The third-order valence-electron chi connectivity index (χ3n) is 3.88. The number of aromatic nitrogens is 2. The molecule has 3 heterocycles. The van der Waals surface area contributed by atoms with Gasteiger partial charge in [-0.05, 0) is 17.5 Å². The lowest BCUT2D eigenvalue weighted by Gasteiger charge is -2.10. The molecular formula is C18H18ClN3O3. The van der Waals surface area contributed by atoms with Crippen LogP contribution in [0.3, 0.4) is 0 Å². The van der Waals surface area contributed by atoms with Crippen LogP contribution in [0, 0.1) is 0 Å². The van der Waals surface area contributed by atoms with Gasteiger partial charge in [0.2, 0.25) is 0 Å². The summed E-state index contributed by atoms with van der Waals surface area (Å²) in [5.74, 6) is 0.157. The number of furan rings is 1. The van der Waals surface area contributed by atoms with Crippen LogP contribution in [0.5, 0.6) is 5.75 Å². The monoisotopic (exact) mass is 359 g/mol. The fraction of sp³-hybridized carbons (Fsp3) is 0.278. The maximum absolute atomic E-state index is 12.0. The molecule has 0 atom stereocenters. The molecule has 0 saturated heterocycles. The standard InChI is InChI=1S/C18H18ClN3O3/c1-9(2)11-8-20-12-6-14(25-17(12)15(11)19)16-13(23)5-10(7-21-16)18(24)22(3)4/h5-9,23H,1-4H3. The van der Waals surface area contributed by atoms with Crippen LogP contribution in [-0.4, -0.2) is 40.0 Å². The molecule has 0 saturated carbocycles. The summed E-state index contributed by atoms with van der Waals surface area (Å²) in [5.41, 5.74) is 2.45. The molecule has 1 amide bonds. The van der Waals surface area contributed by atoms with Crippen LogP contribution < -0.4 is 0 Å².